The van der Waals surface area contributed by atoms with Gasteiger partial charge in [0.2, 0.25) is 5.91 Å². The van der Waals surface area contributed by atoms with E-state index >= 15 is 0 Å². The predicted molar refractivity (Wildman–Crippen MR) is 114 cm³/mol. The second kappa shape index (κ2) is 10.8. The summed E-state index contributed by atoms with van der Waals surface area (Å²) in [6.07, 6.45) is 4.28. The van der Waals surface area contributed by atoms with Crippen LogP contribution in [0.5, 0.6) is 0 Å². The molecule has 0 saturated carbocycles. The lowest BCUT2D eigenvalue weighted by molar-refractivity contribution is -0.118. The molecule has 3 rings (SSSR count). The van der Waals surface area contributed by atoms with Gasteiger partial charge in [-0.2, -0.15) is 0 Å². The lowest BCUT2D eigenvalue weighted by Gasteiger charge is -2.11. The number of carbonyl (C=O) groups excluding carboxylic acids is 1. The summed E-state index contributed by atoms with van der Waals surface area (Å²) in [7, 11) is 0. The zero-order valence-corrected chi connectivity index (χ0v) is 17.7. The van der Waals surface area contributed by atoms with Crippen molar-refractivity contribution in [2.24, 2.45) is 0 Å². The Morgan fingerprint density at radius 1 is 1.17 bits per heavy atom. The van der Waals surface area contributed by atoms with Crippen molar-refractivity contribution in [2.45, 2.75) is 31.5 Å². The number of nitrogens with zero attached hydrogens (tertiary/aromatic N) is 4. The van der Waals surface area contributed by atoms with Crippen molar-refractivity contribution in [2.75, 3.05) is 18.9 Å². The molecule has 7 nitrogen and oxygen atoms in total. The van der Waals surface area contributed by atoms with E-state index in [0.29, 0.717) is 29.8 Å². The van der Waals surface area contributed by atoms with E-state index in [-0.39, 0.29) is 23.6 Å². The molecule has 0 bridgehead atoms. The number of benzene rings is 1. The minimum absolute atomic E-state index is 0.0938. The van der Waals surface area contributed by atoms with Crippen LogP contribution in [0, 0.1) is 5.82 Å². The van der Waals surface area contributed by atoms with Crippen LogP contribution in [0.2, 0.25) is 0 Å². The zero-order valence-electron chi connectivity index (χ0n) is 16.9. The van der Waals surface area contributed by atoms with Crippen LogP contribution in [0.4, 0.5) is 4.39 Å². The fourth-order valence-electron chi connectivity index (χ4n) is 2.67. The first-order valence-corrected chi connectivity index (χ1v) is 10.7. The van der Waals surface area contributed by atoms with E-state index in [9.17, 15) is 9.18 Å². The molecule has 0 radical (unpaired) electrons. The molecule has 0 aliphatic carbocycles. The van der Waals surface area contributed by atoms with E-state index in [1.165, 1.54) is 23.9 Å². The average Bonchev–Trinajstić information content (AvgIpc) is 3.17. The number of carbonyl (C=O) groups is 1. The Kier molecular flexibility index (Phi) is 7.92. The van der Waals surface area contributed by atoms with Crippen LogP contribution < -0.4 is 5.32 Å². The Morgan fingerprint density at radius 3 is 2.60 bits per heavy atom. The number of hydrogen-bond acceptors (Lipinski definition) is 6. The highest BCUT2D eigenvalue weighted by Crippen LogP contribution is 2.27. The maximum Gasteiger partial charge on any atom is 0.230 e. The van der Waals surface area contributed by atoms with Gasteiger partial charge >= 0.3 is 0 Å². The topological polar surface area (TPSA) is 81.9 Å². The zero-order chi connectivity index (χ0) is 21.3. The normalized spacial score (nSPS) is 11.1. The van der Waals surface area contributed by atoms with Crippen molar-refractivity contribution in [3.8, 4) is 17.1 Å². The number of pyridine rings is 1. The van der Waals surface area contributed by atoms with Gasteiger partial charge < -0.3 is 10.1 Å². The predicted octanol–water partition coefficient (Wildman–Crippen LogP) is 3.49. The molecule has 0 aliphatic rings. The summed E-state index contributed by atoms with van der Waals surface area (Å²) in [6.45, 7) is 5.12. The highest BCUT2D eigenvalue weighted by Gasteiger charge is 2.17. The number of nitrogens with one attached hydrogen (secondary N) is 1. The van der Waals surface area contributed by atoms with E-state index in [0.717, 1.165) is 12.0 Å². The largest absolute Gasteiger partial charge is 0.379 e. The molecule has 30 heavy (non-hydrogen) atoms. The van der Waals surface area contributed by atoms with E-state index < -0.39 is 0 Å². The summed E-state index contributed by atoms with van der Waals surface area (Å²) >= 11 is 1.28. The van der Waals surface area contributed by atoms with Gasteiger partial charge in [-0.3, -0.25) is 14.3 Å². The van der Waals surface area contributed by atoms with Crippen LogP contribution in [0.25, 0.3) is 17.1 Å². The first-order chi connectivity index (χ1) is 14.5. The van der Waals surface area contributed by atoms with Gasteiger partial charge in [-0.25, -0.2) is 4.39 Å². The van der Waals surface area contributed by atoms with Crippen LogP contribution in [0.3, 0.4) is 0 Å². The molecule has 0 aliphatic heterocycles. The summed E-state index contributed by atoms with van der Waals surface area (Å²) in [5.41, 5.74) is 1.53. The summed E-state index contributed by atoms with van der Waals surface area (Å²) in [6, 6.07) is 9.72. The molecule has 2 aromatic heterocycles. The Balaban J connectivity index is 1.70. The van der Waals surface area contributed by atoms with Gasteiger partial charge in [-0.15, -0.1) is 10.2 Å². The summed E-state index contributed by atoms with van der Waals surface area (Å²) in [5, 5.41) is 12.0. The third-order valence-corrected chi connectivity index (χ3v) is 5.01. The first-order valence-electron chi connectivity index (χ1n) is 9.67. The highest BCUT2D eigenvalue weighted by molar-refractivity contribution is 7.99. The lowest BCUT2D eigenvalue weighted by Crippen LogP contribution is -2.27. The highest BCUT2D eigenvalue weighted by atomic mass is 32.2. The SMILES string of the molecule is CC(C)OCCCNC(=O)CSc1nnc(-c2ccncc2)n1-c1ccc(F)cc1. The number of thioether (sulfide) groups is 1. The Labute approximate surface area is 179 Å². The average molecular weight is 430 g/mol. The number of ether oxygens (including phenoxy) is 1. The van der Waals surface area contributed by atoms with Crippen LogP contribution in [-0.2, 0) is 9.53 Å². The minimum atomic E-state index is -0.327. The van der Waals surface area contributed by atoms with Gasteiger partial charge in [0, 0.05) is 36.8 Å². The maximum atomic E-state index is 13.4. The van der Waals surface area contributed by atoms with Gasteiger partial charge in [0.05, 0.1) is 11.9 Å². The Hall–Kier alpha value is -2.78. The van der Waals surface area contributed by atoms with Gasteiger partial charge in [0.1, 0.15) is 5.82 Å². The van der Waals surface area contributed by atoms with Crippen LogP contribution >= 0.6 is 11.8 Å². The maximum absolute atomic E-state index is 13.4. The fourth-order valence-corrected chi connectivity index (χ4v) is 3.46. The van der Waals surface area contributed by atoms with Gasteiger partial charge in [-0.05, 0) is 56.7 Å². The van der Waals surface area contributed by atoms with E-state index in [4.69, 9.17) is 4.74 Å². The lowest BCUT2D eigenvalue weighted by atomic mass is 10.2. The van der Waals surface area contributed by atoms with Gasteiger partial charge in [0.15, 0.2) is 11.0 Å². The third-order valence-electron chi connectivity index (χ3n) is 4.08. The first kappa shape index (κ1) is 21.9. The molecule has 9 heteroatoms. The molecule has 0 fully saturated rings. The van der Waals surface area contributed by atoms with Crippen molar-refractivity contribution in [3.05, 3.63) is 54.6 Å². The molecule has 0 unspecified atom stereocenters. The third kappa shape index (κ3) is 6.11. The van der Waals surface area contributed by atoms with E-state index in [1.807, 2.05) is 30.5 Å². The molecule has 158 valence electrons. The fraction of sp³-hybridized carbons (Fsp3) is 0.333. The van der Waals surface area contributed by atoms with Gasteiger partial charge in [0.25, 0.3) is 0 Å². The number of amides is 1. The molecule has 2 heterocycles. The van der Waals surface area contributed by atoms with Crippen molar-refractivity contribution in [3.63, 3.8) is 0 Å². The summed E-state index contributed by atoms with van der Waals surface area (Å²) < 4.78 is 20.7. The molecule has 3 aromatic rings. The quantitative estimate of drug-likeness (QED) is 0.392. The molecule has 0 atom stereocenters. The van der Waals surface area contributed by atoms with Crippen molar-refractivity contribution in [1.29, 1.82) is 0 Å². The second-order valence-electron chi connectivity index (χ2n) is 6.77. The summed E-state index contributed by atoms with van der Waals surface area (Å²) in [5.74, 6) is 0.370. The molecule has 0 spiro atoms. The molecule has 0 saturated heterocycles. The molecular weight excluding hydrogens is 405 g/mol. The van der Waals surface area contributed by atoms with E-state index in [2.05, 4.69) is 20.5 Å². The van der Waals surface area contributed by atoms with Crippen molar-refractivity contribution >= 4 is 17.7 Å². The molecular formula is C21H24FN5O2S. The van der Waals surface area contributed by atoms with Crippen LogP contribution in [-0.4, -0.2) is 50.7 Å². The number of halogens is 1. The number of hydrogen-bond donors (Lipinski definition) is 1. The molecule has 1 aromatic carbocycles. The summed E-state index contributed by atoms with van der Waals surface area (Å²) in [4.78, 5) is 16.2. The van der Waals surface area contributed by atoms with Crippen molar-refractivity contribution in [1.82, 2.24) is 25.1 Å². The Morgan fingerprint density at radius 2 is 1.90 bits per heavy atom. The smallest absolute Gasteiger partial charge is 0.230 e. The van der Waals surface area contributed by atoms with E-state index in [1.54, 1.807) is 24.5 Å². The van der Waals surface area contributed by atoms with Crippen LogP contribution in [0.15, 0.2) is 53.9 Å². The molecule has 1 amide bonds. The monoisotopic (exact) mass is 429 g/mol. The van der Waals surface area contributed by atoms with Crippen molar-refractivity contribution < 1.29 is 13.9 Å². The van der Waals surface area contributed by atoms with Gasteiger partial charge in [-0.1, -0.05) is 11.8 Å². The minimum Gasteiger partial charge on any atom is -0.379 e. The molecule has 1 N–H and O–H groups in total. The number of aromatic nitrogens is 4. The standard InChI is InChI=1S/C21H24FN5O2S/c1-15(2)29-13-3-10-24-19(28)14-30-21-26-25-20(16-8-11-23-12-9-16)27(21)18-6-4-17(22)5-7-18/h4-9,11-12,15H,3,10,13-14H2,1-2H3,(H,24,28). The van der Waals surface area contributed by atoms with Crippen LogP contribution in [0.1, 0.15) is 20.3 Å². The number of rotatable bonds is 10. The second-order valence-corrected chi connectivity index (χ2v) is 7.71. The Bertz CT molecular complexity index is 948.